The van der Waals surface area contributed by atoms with Crippen LogP contribution in [0, 0.1) is 0 Å². The molecule has 0 heterocycles. The maximum Gasteiger partial charge on any atom is 0.0328 e. The zero-order valence-corrected chi connectivity index (χ0v) is 13.0. The van der Waals surface area contributed by atoms with Gasteiger partial charge in [0.25, 0.3) is 0 Å². The van der Waals surface area contributed by atoms with Gasteiger partial charge in [0.1, 0.15) is 0 Å². The van der Waals surface area contributed by atoms with Gasteiger partial charge in [-0.3, -0.25) is 0 Å². The van der Waals surface area contributed by atoms with Crippen LogP contribution in [-0.2, 0) is 5.75 Å². The number of nitrogens with two attached hydrogens (primary N) is 1. The highest BCUT2D eigenvalue weighted by Crippen LogP contribution is 2.21. The minimum atomic E-state index is 0.832. The molecule has 0 aromatic heterocycles. The summed E-state index contributed by atoms with van der Waals surface area (Å²) in [5.74, 6) is 2.21. The molecule has 2 N–H and O–H groups in total. The van der Waals surface area contributed by atoms with E-state index in [1.807, 2.05) is 17.8 Å². The van der Waals surface area contributed by atoms with Crippen LogP contribution in [0.1, 0.15) is 19.4 Å². The van der Waals surface area contributed by atoms with Gasteiger partial charge in [-0.2, -0.15) is 11.8 Å². The zero-order chi connectivity index (χ0) is 12.7. The van der Waals surface area contributed by atoms with E-state index >= 15 is 0 Å². The lowest BCUT2D eigenvalue weighted by molar-refractivity contribution is 0.324. The van der Waals surface area contributed by atoms with Crippen molar-refractivity contribution in [3.05, 3.63) is 28.2 Å². The molecule has 0 saturated heterocycles. The van der Waals surface area contributed by atoms with Crippen molar-refractivity contribution < 1.29 is 0 Å². The van der Waals surface area contributed by atoms with Gasteiger partial charge < -0.3 is 10.6 Å². The summed E-state index contributed by atoms with van der Waals surface area (Å²) in [4.78, 5) is 2.45. The number of benzene rings is 1. The highest BCUT2D eigenvalue weighted by atomic mass is 79.9. The lowest BCUT2D eigenvalue weighted by Crippen LogP contribution is -2.25. The Kier molecular flexibility index (Phi) is 7.00. The molecule has 1 aromatic rings. The molecule has 0 radical (unpaired) electrons. The van der Waals surface area contributed by atoms with Crippen LogP contribution < -0.4 is 5.73 Å². The van der Waals surface area contributed by atoms with Crippen LogP contribution in [0.4, 0.5) is 5.69 Å². The molecule has 0 amide bonds. The average molecular weight is 317 g/mol. The highest BCUT2D eigenvalue weighted by Gasteiger charge is 2.00. The molecule has 96 valence electrons. The van der Waals surface area contributed by atoms with E-state index in [-0.39, 0.29) is 0 Å². The van der Waals surface area contributed by atoms with Crippen LogP contribution in [0.15, 0.2) is 22.7 Å². The number of anilines is 1. The van der Waals surface area contributed by atoms with E-state index in [0.29, 0.717) is 0 Å². The van der Waals surface area contributed by atoms with E-state index in [4.69, 9.17) is 5.73 Å². The summed E-state index contributed by atoms with van der Waals surface area (Å²) in [5.41, 5.74) is 7.93. The third-order valence-corrected chi connectivity index (χ3v) is 4.16. The number of nitrogen functional groups attached to an aromatic ring is 1. The van der Waals surface area contributed by atoms with Crippen LogP contribution in [-0.4, -0.2) is 30.3 Å². The van der Waals surface area contributed by atoms with Crippen molar-refractivity contribution in [3.63, 3.8) is 0 Å². The first-order valence-electron chi connectivity index (χ1n) is 6.00. The fourth-order valence-electron chi connectivity index (χ4n) is 1.68. The largest absolute Gasteiger partial charge is 0.399 e. The Labute approximate surface area is 117 Å². The second-order valence-electron chi connectivity index (χ2n) is 3.97. The average Bonchev–Trinajstić information content (AvgIpc) is 2.28. The molecule has 0 fully saturated rings. The van der Waals surface area contributed by atoms with Crippen molar-refractivity contribution in [2.75, 3.05) is 31.1 Å². The molecule has 0 aliphatic carbocycles. The predicted octanol–water partition coefficient (Wildman–Crippen LogP) is 3.61. The summed E-state index contributed by atoms with van der Waals surface area (Å²) in [6, 6.07) is 6.13. The van der Waals surface area contributed by atoms with Gasteiger partial charge >= 0.3 is 0 Å². The Morgan fingerprint density at radius 1 is 1.24 bits per heavy atom. The quantitative estimate of drug-likeness (QED) is 0.615. The molecule has 17 heavy (non-hydrogen) atoms. The van der Waals surface area contributed by atoms with Gasteiger partial charge in [-0.25, -0.2) is 0 Å². The van der Waals surface area contributed by atoms with E-state index in [1.54, 1.807) is 0 Å². The molecule has 0 saturated carbocycles. The van der Waals surface area contributed by atoms with Crippen molar-refractivity contribution >= 4 is 33.4 Å². The molecular weight excluding hydrogens is 296 g/mol. The first-order valence-corrected chi connectivity index (χ1v) is 7.95. The maximum absolute atomic E-state index is 5.81. The molecule has 4 heteroatoms. The first kappa shape index (κ1) is 14.9. The first-order chi connectivity index (χ1) is 8.15. The van der Waals surface area contributed by atoms with E-state index in [2.05, 4.69) is 46.8 Å². The number of thioether (sulfide) groups is 1. The van der Waals surface area contributed by atoms with Crippen molar-refractivity contribution in [2.24, 2.45) is 0 Å². The van der Waals surface area contributed by atoms with Gasteiger partial charge in [-0.05, 0) is 36.9 Å². The van der Waals surface area contributed by atoms with Crippen LogP contribution in [0.5, 0.6) is 0 Å². The predicted molar refractivity (Wildman–Crippen MR) is 82.5 cm³/mol. The number of halogens is 1. The molecule has 1 aromatic carbocycles. The number of hydrogen-bond acceptors (Lipinski definition) is 3. The molecule has 0 aliphatic rings. The molecule has 0 spiro atoms. The number of hydrogen-bond donors (Lipinski definition) is 1. The van der Waals surface area contributed by atoms with Gasteiger partial charge in [0.05, 0.1) is 0 Å². The smallest absolute Gasteiger partial charge is 0.0328 e. The summed E-state index contributed by atoms with van der Waals surface area (Å²) in [6.45, 7) is 7.87. The van der Waals surface area contributed by atoms with Crippen molar-refractivity contribution in [1.82, 2.24) is 4.90 Å². The molecule has 1 rings (SSSR count). The highest BCUT2D eigenvalue weighted by molar-refractivity contribution is 9.10. The van der Waals surface area contributed by atoms with Crippen LogP contribution >= 0.6 is 27.7 Å². The molecular formula is C13H21BrN2S. The molecule has 0 atom stereocenters. The van der Waals surface area contributed by atoms with E-state index in [0.717, 1.165) is 29.0 Å². The molecule has 0 unspecified atom stereocenters. The Morgan fingerprint density at radius 2 is 1.94 bits per heavy atom. The van der Waals surface area contributed by atoms with Gasteiger partial charge in [0.15, 0.2) is 0 Å². The Balaban J connectivity index is 2.31. The summed E-state index contributed by atoms with van der Waals surface area (Å²) in [5, 5.41) is 0. The molecule has 0 bridgehead atoms. The monoisotopic (exact) mass is 316 g/mol. The fraction of sp³-hybridized carbons (Fsp3) is 0.538. The third kappa shape index (κ3) is 5.80. The van der Waals surface area contributed by atoms with E-state index in [1.165, 1.54) is 17.9 Å². The minimum Gasteiger partial charge on any atom is -0.399 e. The maximum atomic E-state index is 5.81. The van der Waals surface area contributed by atoms with Crippen LogP contribution in [0.3, 0.4) is 0 Å². The number of rotatable bonds is 7. The Bertz CT molecular complexity index is 320. The Hall–Kier alpha value is -0.190. The normalized spacial score (nSPS) is 11.1. The second kappa shape index (κ2) is 8.01. The molecule has 2 nitrogen and oxygen atoms in total. The van der Waals surface area contributed by atoms with E-state index < -0.39 is 0 Å². The zero-order valence-electron chi connectivity index (χ0n) is 10.6. The minimum absolute atomic E-state index is 0.832. The lowest BCUT2D eigenvalue weighted by atomic mass is 10.2. The van der Waals surface area contributed by atoms with Crippen molar-refractivity contribution in [2.45, 2.75) is 19.6 Å². The fourth-order valence-corrected chi connectivity index (χ4v) is 3.17. The number of nitrogens with zero attached hydrogens (tertiary/aromatic N) is 1. The van der Waals surface area contributed by atoms with Crippen LogP contribution in [0.25, 0.3) is 0 Å². The van der Waals surface area contributed by atoms with Gasteiger partial charge in [-0.1, -0.05) is 29.8 Å². The standard InChI is InChI=1S/C13H21BrN2S/c1-3-16(4-2)5-6-17-10-11-7-12(14)9-13(15)8-11/h7-9H,3-6,10,15H2,1-2H3. The molecule has 0 aliphatic heterocycles. The SMILES string of the molecule is CCN(CC)CCSCc1cc(N)cc(Br)c1. The van der Waals surface area contributed by atoms with Crippen LogP contribution in [0.2, 0.25) is 0 Å². The summed E-state index contributed by atoms with van der Waals surface area (Å²) >= 11 is 5.43. The van der Waals surface area contributed by atoms with Gasteiger partial charge in [0.2, 0.25) is 0 Å². The summed E-state index contributed by atoms with van der Waals surface area (Å²) in [7, 11) is 0. The topological polar surface area (TPSA) is 29.3 Å². The third-order valence-electron chi connectivity index (χ3n) is 2.69. The summed E-state index contributed by atoms with van der Waals surface area (Å²) < 4.78 is 1.07. The second-order valence-corrected chi connectivity index (χ2v) is 5.99. The van der Waals surface area contributed by atoms with Gasteiger partial charge in [-0.15, -0.1) is 0 Å². The van der Waals surface area contributed by atoms with Crippen molar-refractivity contribution in [1.29, 1.82) is 0 Å². The lowest BCUT2D eigenvalue weighted by Gasteiger charge is -2.17. The van der Waals surface area contributed by atoms with Crippen molar-refractivity contribution in [3.8, 4) is 0 Å². The van der Waals surface area contributed by atoms with Gasteiger partial charge in [0, 0.05) is 28.2 Å². The Morgan fingerprint density at radius 3 is 2.53 bits per heavy atom. The summed E-state index contributed by atoms with van der Waals surface area (Å²) in [6.07, 6.45) is 0. The van der Waals surface area contributed by atoms with E-state index in [9.17, 15) is 0 Å².